The zero-order valence-electron chi connectivity index (χ0n) is 9.56. The Morgan fingerprint density at radius 3 is 2.79 bits per heavy atom. The van der Waals surface area contributed by atoms with E-state index in [1.807, 2.05) is 6.07 Å². The fraction of sp³-hybridized carbons (Fsp3) is 0.0769. The van der Waals surface area contributed by atoms with E-state index >= 15 is 0 Å². The molecule has 0 spiro atoms. The van der Waals surface area contributed by atoms with E-state index in [4.69, 9.17) is 21.3 Å². The Kier molecular flexibility index (Phi) is 3.83. The first-order valence-corrected chi connectivity index (χ1v) is 5.69. The molecule has 1 aromatic carbocycles. The molecule has 1 N–H and O–H groups in total. The highest BCUT2D eigenvalue weighted by molar-refractivity contribution is 6.33. The summed E-state index contributed by atoms with van der Waals surface area (Å²) < 4.78 is 18.6. The molecule has 0 saturated heterocycles. The van der Waals surface area contributed by atoms with Crippen LogP contribution in [-0.2, 0) is 0 Å². The molecule has 1 unspecified atom stereocenters. The SMILES string of the molecule is N#CC(NC(=O)c1c(F)cccc1Cl)c1ccco1. The number of benzene rings is 1. The zero-order valence-corrected chi connectivity index (χ0v) is 10.3. The summed E-state index contributed by atoms with van der Waals surface area (Å²) in [5.74, 6) is -1.25. The number of amides is 1. The number of nitrogens with zero attached hydrogens (tertiary/aromatic N) is 1. The van der Waals surface area contributed by atoms with E-state index in [1.54, 1.807) is 6.07 Å². The van der Waals surface area contributed by atoms with E-state index in [1.165, 1.54) is 24.5 Å². The molecule has 0 aliphatic carbocycles. The van der Waals surface area contributed by atoms with Crippen LogP contribution in [-0.4, -0.2) is 5.91 Å². The van der Waals surface area contributed by atoms with E-state index in [0.29, 0.717) is 0 Å². The first-order chi connectivity index (χ1) is 9.13. The molecule has 0 bridgehead atoms. The minimum absolute atomic E-state index is 0.0198. The molecule has 4 nitrogen and oxygen atoms in total. The lowest BCUT2D eigenvalue weighted by atomic mass is 10.1. The summed E-state index contributed by atoms with van der Waals surface area (Å²) >= 11 is 5.77. The van der Waals surface area contributed by atoms with Crippen LogP contribution in [0.2, 0.25) is 5.02 Å². The van der Waals surface area contributed by atoms with Gasteiger partial charge >= 0.3 is 0 Å². The maximum atomic E-state index is 13.5. The molecule has 96 valence electrons. The van der Waals surface area contributed by atoms with Gasteiger partial charge in [0, 0.05) is 0 Å². The van der Waals surface area contributed by atoms with E-state index in [0.717, 1.165) is 6.07 Å². The number of nitriles is 1. The van der Waals surface area contributed by atoms with Crippen molar-refractivity contribution in [3.05, 3.63) is 58.8 Å². The second-order valence-electron chi connectivity index (χ2n) is 3.65. The number of hydrogen-bond donors (Lipinski definition) is 1. The summed E-state index contributed by atoms with van der Waals surface area (Å²) in [7, 11) is 0. The van der Waals surface area contributed by atoms with Gasteiger partial charge in [-0.3, -0.25) is 4.79 Å². The van der Waals surface area contributed by atoms with Gasteiger partial charge < -0.3 is 9.73 Å². The third kappa shape index (κ3) is 2.75. The van der Waals surface area contributed by atoms with Gasteiger partial charge in [-0.2, -0.15) is 5.26 Å². The fourth-order valence-corrected chi connectivity index (χ4v) is 1.79. The standard InChI is InChI=1S/C13H8ClFN2O2/c14-8-3-1-4-9(15)12(8)13(18)17-10(7-16)11-5-2-6-19-11/h1-6,10H,(H,17,18). The first-order valence-electron chi connectivity index (χ1n) is 5.31. The molecule has 2 rings (SSSR count). The van der Waals surface area contributed by atoms with Crippen molar-refractivity contribution < 1.29 is 13.6 Å². The summed E-state index contributed by atoms with van der Waals surface area (Å²) in [5.41, 5.74) is -0.295. The van der Waals surface area contributed by atoms with Crippen molar-refractivity contribution in [1.82, 2.24) is 5.32 Å². The highest BCUT2D eigenvalue weighted by Crippen LogP contribution is 2.20. The summed E-state index contributed by atoms with van der Waals surface area (Å²) in [5, 5.41) is 11.3. The maximum Gasteiger partial charge on any atom is 0.257 e. The van der Waals surface area contributed by atoms with E-state index in [-0.39, 0.29) is 16.3 Å². The molecule has 6 heteroatoms. The van der Waals surface area contributed by atoms with Crippen molar-refractivity contribution >= 4 is 17.5 Å². The molecule has 2 aromatic rings. The van der Waals surface area contributed by atoms with Crippen LogP contribution in [0.1, 0.15) is 22.2 Å². The second kappa shape index (κ2) is 5.55. The molecule has 0 fully saturated rings. The average Bonchev–Trinajstić information content (AvgIpc) is 2.89. The second-order valence-corrected chi connectivity index (χ2v) is 4.05. The molecule has 1 aromatic heterocycles. The van der Waals surface area contributed by atoms with E-state index in [9.17, 15) is 9.18 Å². The van der Waals surface area contributed by atoms with Gasteiger partial charge in [0.05, 0.1) is 22.9 Å². The molecule has 1 amide bonds. The van der Waals surface area contributed by atoms with Gasteiger partial charge in [-0.05, 0) is 24.3 Å². The van der Waals surface area contributed by atoms with Crippen LogP contribution in [0.15, 0.2) is 41.0 Å². The number of furan rings is 1. The minimum Gasteiger partial charge on any atom is -0.466 e. The van der Waals surface area contributed by atoms with Crippen LogP contribution in [0.3, 0.4) is 0 Å². The highest BCUT2D eigenvalue weighted by atomic mass is 35.5. The van der Waals surface area contributed by atoms with E-state index in [2.05, 4.69) is 5.32 Å². The number of nitrogens with one attached hydrogen (secondary N) is 1. The topological polar surface area (TPSA) is 66.0 Å². The summed E-state index contributed by atoms with van der Waals surface area (Å²) in [6.45, 7) is 0. The Morgan fingerprint density at radius 2 is 2.21 bits per heavy atom. The zero-order chi connectivity index (χ0) is 13.8. The van der Waals surface area contributed by atoms with E-state index < -0.39 is 17.8 Å². The molecule has 0 aliphatic heterocycles. The smallest absolute Gasteiger partial charge is 0.257 e. The maximum absolute atomic E-state index is 13.5. The Morgan fingerprint density at radius 1 is 1.42 bits per heavy atom. The van der Waals surface area contributed by atoms with Crippen LogP contribution in [0.4, 0.5) is 4.39 Å². The van der Waals surface area contributed by atoms with Crippen molar-refractivity contribution in [2.75, 3.05) is 0 Å². The summed E-state index contributed by atoms with van der Waals surface area (Å²) in [4.78, 5) is 11.9. The molecule has 0 saturated carbocycles. The Bertz CT molecular complexity index is 614. The number of halogens is 2. The average molecular weight is 279 g/mol. The van der Waals surface area contributed by atoms with Crippen molar-refractivity contribution in [3.63, 3.8) is 0 Å². The predicted octanol–water partition coefficient (Wildman–Crippen LogP) is 3.07. The normalized spacial score (nSPS) is 11.6. The molecule has 1 atom stereocenters. The predicted molar refractivity (Wildman–Crippen MR) is 65.9 cm³/mol. The molecule has 0 aliphatic rings. The van der Waals surface area contributed by atoms with Gasteiger partial charge in [-0.15, -0.1) is 0 Å². The lowest BCUT2D eigenvalue weighted by Gasteiger charge is -2.10. The van der Waals surface area contributed by atoms with Gasteiger partial charge in [0.25, 0.3) is 5.91 Å². The Balaban J connectivity index is 2.24. The van der Waals surface area contributed by atoms with Crippen LogP contribution in [0, 0.1) is 17.1 Å². The molecule has 19 heavy (non-hydrogen) atoms. The minimum atomic E-state index is -1.00. The lowest BCUT2D eigenvalue weighted by Crippen LogP contribution is -2.28. The summed E-state index contributed by atoms with van der Waals surface area (Å²) in [6, 6.07) is 7.88. The van der Waals surface area contributed by atoms with Gasteiger partial charge in [0.1, 0.15) is 11.6 Å². The molecular weight excluding hydrogens is 271 g/mol. The van der Waals surface area contributed by atoms with Crippen molar-refractivity contribution in [3.8, 4) is 6.07 Å². The van der Waals surface area contributed by atoms with Gasteiger partial charge in [-0.25, -0.2) is 4.39 Å². The van der Waals surface area contributed by atoms with Crippen molar-refractivity contribution in [2.45, 2.75) is 6.04 Å². The van der Waals surface area contributed by atoms with Crippen LogP contribution in [0.25, 0.3) is 0 Å². The van der Waals surface area contributed by atoms with Crippen molar-refractivity contribution in [2.24, 2.45) is 0 Å². The highest BCUT2D eigenvalue weighted by Gasteiger charge is 2.21. The van der Waals surface area contributed by atoms with Crippen LogP contribution < -0.4 is 5.32 Å². The number of carbonyl (C=O) groups is 1. The molecular formula is C13H8ClFN2O2. The largest absolute Gasteiger partial charge is 0.466 e. The number of carbonyl (C=O) groups excluding carboxylic acids is 1. The molecule has 0 radical (unpaired) electrons. The third-order valence-corrected chi connectivity index (χ3v) is 2.74. The van der Waals surface area contributed by atoms with Gasteiger partial charge in [-0.1, -0.05) is 17.7 Å². The Hall–Kier alpha value is -2.32. The Labute approximate surface area is 113 Å². The van der Waals surface area contributed by atoms with Crippen LogP contribution in [0.5, 0.6) is 0 Å². The number of rotatable bonds is 3. The first kappa shape index (κ1) is 13.1. The fourth-order valence-electron chi connectivity index (χ4n) is 1.54. The summed E-state index contributed by atoms with van der Waals surface area (Å²) in [6.07, 6.45) is 1.38. The quantitative estimate of drug-likeness (QED) is 0.938. The number of hydrogen-bond acceptors (Lipinski definition) is 3. The lowest BCUT2D eigenvalue weighted by molar-refractivity contribution is 0.0937. The van der Waals surface area contributed by atoms with Crippen molar-refractivity contribution in [1.29, 1.82) is 5.26 Å². The van der Waals surface area contributed by atoms with Gasteiger partial charge in [0.15, 0.2) is 6.04 Å². The molecule has 1 heterocycles. The van der Waals surface area contributed by atoms with Crippen LogP contribution >= 0.6 is 11.6 Å². The van der Waals surface area contributed by atoms with Gasteiger partial charge in [0.2, 0.25) is 0 Å². The monoisotopic (exact) mass is 278 g/mol. The third-order valence-electron chi connectivity index (χ3n) is 2.42.